The fourth-order valence-electron chi connectivity index (χ4n) is 1.70. The van der Waals surface area contributed by atoms with Crippen molar-refractivity contribution in [3.8, 4) is 0 Å². The van der Waals surface area contributed by atoms with Crippen molar-refractivity contribution in [2.24, 2.45) is 0 Å². The Labute approximate surface area is 99.2 Å². The molecule has 0 spiro atoms. The Hall–Kier alpha value is -1.13. The molecule has 5 heteroatoms. The van der Waals surface area contributed by atoms with Gasteiger partial charge in [-0.1, -0.05) is 11.6 Å². The molecule has 1 aliphatic heterocycles. The number of amides is 1. The number of ether oxygens (including phenoxy) is 1. The molecule has 0 aliphatic carbocycles. The standard InChI is InChI=1S/C11H13ClN2O2/c1-8-7-16-5-4-14(8)11(15)10-6-9(12)2-3-13-10/h2-3,6,8H,4-5,7H2,1H3. The predicted molar refractivity (Wildman–Crippen MR) is 60.6 cm³/mol. The molecule has 1 aliphatic rings. The number of carbonyl (C=O) groups is 1. The molecule has 1 atom stereocenters. The van der Waals surface area contributed by atoms with Crippen LogP contribution in [0.25, 0.3) is 0 Å². The first-order valence-corrected chi connectivity index (χ1v) is 5.56. The third kappa shape index (κ3) is 2.33. The second kappa shape index (κ2) is 4.80. The summed E-state index contributed by atoms with van der Waals surface area (Å²) >= 11 is 5.83. The summed E-state index contributed by atoms with van der Waals surface area (Å²) < 4.78 is 5.28. The van der Waals surface area contributed by atoms with E-state index in [1.54, 1.807) is 23.2 Å². The van der Waals surface area contributed by atoms with Gasteiger partial charge in [0.2, 0.25) is 0 Å². The minimum Gasteiger partial charge on any atom is -0.377 e. The van der Waals surface area contributed by atoms with E-state index in [1.165, 1.54) is 0 Å². The average molecular weight is 241 g/mol. The highest BCUT2D eigenvalue weighted by Crippen LogP contribution is 2.13. The zero-order chi connectivity index (χ0) is 11.5. The lowest BCUT2D eigenvalue weighted by Gasteiger charge is -2.33. The van der Waals surface area contributed by atoms with Gasteiger partial charge in [-0.05, 0) is 19.1 Å². The molecule has 86 valence electrons. The van der Waals surface area contributed by atoms with Gasteiger partial charge in [-0.3, -0.25) is 9.78 Å². The highest BCUT2D eigenvalue weighted by atomic mass is 35.5. The SMILES string of the molecule is CC1COCCN1C(=O)c1cc(Cl)ccn1. The molecule has 1 aromatic rings. The molecule has 0 radical (unpaired) electrons. The Morgan fingerprint density at radius 1 is 1.69 bits per heavy atom. The van der Waals surface area contributed by atoms with E-state index in [-0.39, 0.29) is 11.9 Å². The molecule has 1 fully saturated rings. The maximum Gasteiger partial charge on any atom is 0.272 e. The second-order valence-corrected chi connectivity index (χ2v) is 4.22. The van der Waals surface area contributed by atoms with Gasteiger partial charge in [-0.15, -0.1) is 0 Å². The first-order valence-electron chi connectivity index (χ1n) is 5.19. The van der Waals surface area contributed by atoms with Crippen LogP contribution in [0.15, 0.2) is 18.3 Å². The summed E-state index contributed by atoms with van der Waals surface area (Å²) in [4.78, 5) is 17.9. The molecule has 2 heterocycles. The van der Waals surface area contributed by atoms with Crippen LogP contribution in [0.4, 0.5) is 0 Å². The molecule has 4 nitrogen and oxygen atoms in total. The maximum atomic E-state index is 12.1. The van der Waals surface area contributed by atoms with Crippen molar-refractivity contribution >= 4 is 17.5 Å². The number of rotatable bonds is 1. The van der Waals surface area contributed by atoms with Crippen LogP contribution in [0, 0.1) is 0 Å². The third-order valence-corrected chi connectivity index (χ3v) is 2.80. The number of aromatic nitrogens is 1. The summed E-state index contributed by atoms with van der Waals surface area (Å²) in [5.74, 6) is -0.0849. The molecule has 0 saturated carbocycles. The summed E-state index contributed by atoms with van der Waals surface area (Å²) in [5.41, 5.74) is 0.390. The van der Waals surface area contributed by atoms with Crippen molar-refractivity contribution in [2.75, 3.05) is 19.8 Å². The van der Waals surface area contributed by atoms with Gasteiger partial charge in [0.1, 0.15) is 5.69 Å². The molecule has 1 unspecified atom stereocenters. The zero-order valence-electron chi connectivity index (χ0n) is 9.02. The van der Waals surface area contributed by atoms with Gasteiger partial charge >= 0.3 is 0 Å². The summed E-state index contributed by atoms with van der Waals surface area (Å²) in [5, 5.41) is 0.527. The van der Waals surface area contributed by atoms with E-state index in [0.717, 1.165) is 0 Å². The Morgan fingerprint density at radius 3 is 3.19 bits per heavy atom. The highest BCUT2D eigenvalue weighted by molar-refractivity contribution is 6.30. The van der Waals surface area contributed by atoms with Crippen LogP contribution >= 0.6 is 11.6 Å². The van der Waals surface area contributed by atoms with Crippen LogP contribution in [0.1, 0.15) is 17.4 Å². The minimum atomic E-state index is -0.0849. The maximum absolute atomic E-state index is 12.1. The Bertz CT molecular complexity index is 397. The molecule has 0 bridgehead atoms. The second-order valence-electron chi connectivity index (χ2n) is 3.78. The Balaban J connectivity index is 2.17. The van der Waals surface area contributed by atoms with Gasteiger partial charge in [-0.2, -0.15) is 0 Å². The van der Waals surface area contributed by atoms with E-state index < -0.39 is 0 Å². The van der Waals surface area contributed by atoms with Crippen molar-refractivity contribution in [1.82, 2.24) is 9.88 Å². The largest absolute Gasteiger partial charge is 0.377 e. The fraction of sp³-hybridized carbons (Fsp3) is 0.455. The Kier molecular flexibility index (Phi) is 3.41. The van der Waals surface area contributed by atoms with Crippen LogP contribution in [0.2, 0.25) is 5.02 Å². The van der Waals surface area contributed by atoms with Gasteiger partial charge in [-0.25, -0.2) is 0 Å². The smallest absolute Gasteiger partial charge is 0.272 e. The molecule has 2 rings (SSSR count). The lowest BCUT2D eigenvalue weighted by molar-refractivity contribution is 0.00327. The zero-order valence-corrected chi connectivity index (χ0v) is 9.78. The lowest BCUT2D eigenvalue weighted by Crippen LogP contribution is -2.47. The van der Waals surface area contributed by atoms with E-state index in [2.05, 4.69) is 4.98 Å². The molecule has 1 saturated heterocycles. The highest BCUT2D eigenvalue weighted by Gasteiger charge is 2.25. The van der Waals surface area contributed by atoms with Gasteiger partial charge < -0.3 is 9.64 Å². The molecule has 1 amide bonds. The number of hydrogen-bond acceptors (Lipinski definition) is 3. The lowest BCUT2D eigenvalue weighted by atomic mass is 10.2. The van der Waals surface area contributed by atoms with Crippen LogP contribution in [0.5, 0.6) is 0 Å². The topological polar surface area (TPSA) is 42.4 Å². The summed E-state index contributed by atoms with van der Waals surface area (Å²) in [7, 11) is 0. The molecule has 0 N–H and O–H groups in total. The molecular formula is C11H13ClN2O2. The van der Waals surface area contributed by atoms with E-state index in [4.69, 9.17) is 16.3 Å². The first-order chi connectivity index (χ1) is 7.68. The third-order valence-electron chi connectivity index (χ3n) is 2.57. The number of morpholine rings is 1. The summed E-state index contributed by atoms with van der Waals surface area (Å²) in [6.45, 7) is 3.72. The van der Waals surface area contributed by atoms with Gasteiger partial charge in [0.15, 0.2) is 0 Å². The number of carbonyl (C=O) groups excluding carboxylic acids is 1. The molecule has 1 aromatic heterocycles. The first kappa shape index (κ1) is 11.4. The van der Waals surface area contributed by atoms with E-state index in [9.17, 15) is 4.79 Å². The van der Waals surface area contributed by atoms with Crippen molar-refractivity contribution in [3.05, 3.63) is 29.0 Å². The average Bonchev–Trinajstić information content (AvgIpc) is 2.29. The summed E-state index contributed by atoms with van der Waals surface area (Å²) in [6, 6.07) is 3.33. The number of halogens is 1. The van der Waals surface area contributed by atoms with Crippen LogP contribution in [-0.4, -0.2) is 41.6 Å². The summed E-state index contributed by atoms with van der Waals surface area (Å²) in [6.07, 6.45) is 1.54. The Morgan fingerprint density at radius 2 is 2.50 bits per heavy atom. The molecule has 0 aromatic carbocycles. The van der Waals surface area contributed by atoms with E-state index >= 15 is 0 Å². The van der Waals surface area contributed by atoms with Gasteiger partial charge in [0.25, 0.3) is 5.91 Å². The van der Waals surface area contributed by atoms with E-state index in [1.807, 2.05) is 6.92 Å². The quantitative estimate of drug-likeness (QED) is 0.749. The minimum absolute atomic E-state index is 0.0849. The van der Waals surface area contributed by atoms with Crippen LogP contribution < -0.4 is 0 Å². The van der Waals surface area contributed by atoms with Crippen molar-refractivity contribution in [1.29, 1.82) is 0 Å². The van der Waals surface area contributed by atoms with Crippen molar-refractivity contribution in [2.45, 2.75) is 13.0 Å². The van der Waals surface area contributed by atoms with Crippen molar-refractivity contribution in [3.63, 3.8) is 0 Å². The molecular weight excluding hydrogens is 228 g/mol. The van der Waals surface area contributed by atoms with Crippen molar-refractivity contribution < 1.29 is 9.53 Å². The monoisotopic (exact) mass is 240 g/mol. The predicted octanol–water partition coefficient (Wildman–Crippen LogP) is 1.60. The number of nitrogens with zero attached hydrogens (tertiary/aromatic N) is 2. The molecule has 16 heavy (non-hydrogen) atoms. The van der Waals surface area contributed by atoms with Crippen LogP contribution in [-0.2, 0) is 4.74 Å². The van der Waals surface area contributed by atoms with Gasteiger partial charge in [0.05, 0.1) is 19.3 Å². The van der Waals surface area contributed by atoms with Crippen LogP contribution in [0.3, 0.4) is 0 Å². The van der Waals surface area contributed by atoms with Gasteiger partial charge in [0, 0.05) is 17.8 Å². The number of pyridine rings is 1. The fourth-order valence-corrected chi connectivity index (χ4v) is 1.86. The normalized spacial score (nSPS) is 20.9. The number of hydrogen-bond donors (Lipinski definition) is 0. The van der Waals surface area contributed by atoms with E-state index in [0.29, 0.717) is 30.5 Å².